The summed E-state index contributed by atoms with van der Waals surface area (Å²) < 4.78 is 6.50. The minimum Gasteiger partial charge on any atom is -0.379 e. The molecule has 94 valence electrons. The van der Waals surface area contributed by atoms with Crippen LogP contribution in [0, 0.1) is 0 Å². The highest BCUT2D eigenvalue weighted by atomic mass is 79.9. The van der Waals surface area contributed by atoms with Gasteiger partial charge in [0.15, 0.2) is 0 Å². The van der Waals surface area contributed by atoms with Crippen molar-refractivity contribution in [1.29, 1.82) is 0 Å². The summed E-state index contributed by atoms with van der Waals surface area (Å²) in [6.07, 6.45) is 0. The SMILES string of the molecule is Brc1ccccc1CNCCN1CCOCC1. The predicted molar refractivity (Wildman–Crippen MR) is 73.1 cm³/mol. The van der Waals surface area contributed by atoms with Gasteiger partial charge in [-0.3, -0.25) is 4.90 Å². The molecule has 1 aromatic carbocycles. The molecule has 0 amide bonds. The van der Waals surface area contributed by atoms with E-state index in [0.29, 0.717) is 0 Å². The zero-order valence-corrected chi connectivity index (χ0v) is 11.6. The van der Waals surface area contributed by atoms with Crippen molar-refractivity contribution in [3.63, 3.8) is 0 Å². The van der Waals surface area contributed by atoms with Gasteiger partial charge in [-0.2, -0.15) is 0 Å². The van der Waals surface area contributed by atoms with Crippen molar-refractivity contribution in [1.82, 2.24) is 10.2 Å². The number of halogens is 1. The molecule has 1 aliphatic heterocycles. The van der Waals surface area contributed by atoms with Crippen molar-refractivity contribution in [2.45, 2.75) is 6.54 Å². The maximum atomic E-state index is 5.32. The zero-order chi connectivity index (χ0) is 11.9. The van der Waals surface area contributed by atoms with Crippen LogP contribution in [0.1, 0.15) is 5.56 Å². The minimum atomic E-state index is 0.879. The third-order valence-electron chi connectivity index (χ3n) is 2.98. The molecule has 0 saturated carbocycles. The van der Waals surface area contributed by atoms with E-state index in [-0.39, 0.29) is 0 Å². The highest BCUT2D eigenvalue weighted by Gasteiger charge is 2.08. The highest BCUT2D eigenvalue weighted by molar-refractivity contribution is 9.10. The standard InChI is InChI=1S/C13H19BrN2O/c14-13-4-2-1-3-12(13)11-15-5-6-16-7-9-17-10-8-16/h1-4,15H,5-11H2. The molecule has 0 spiro atoms. The van der Waals surface area contributed by atoms with Crippen molar-refractivity contribution in [3.8, 4) is 0 Å². The Labute approximate surface area is 111 Å². The molecule has 1 fully saturated rings. The first-order valence-corrected chi connectivity index (χ1v) is 6.90. The van der Waals surface area contributed by atoms with Crippen LogP contribution in [-0.2, 0) is 11.3 Å². The van der Waals surface area contributed by atoms with Crippen LogP contribution in [0.5, 0.6) is 0 Å². The molecule has 0 aliphatic carbocycles. The molecule has 1 aliphatic rings. The second kappa shape index (κ2) is 7.11. The van der Waals surface area contributed by atoms with E-state index in [1.807, 2.05) is 6.07 Å². The van der Waals surface area contributed by atoms with E-state index in [2.05, 4.69) is 44.3 Å². The smallest absolute Gasteiger partial charge is 0.0594 e. The summed E-state index contributed by atoms with van der Waals surface area (Å²) in [5.74, 6) is 0. The Morgan fingerprint density at radius 3 is 2.76 bits per heavy atom. The normalized spacial score (nSPS) is 17.2. The Morgan fingerprint density at radius 1 is 1.24 bits per heavy atom. The molecular weight excluding hydrogens is 280 g/mol. The van der Waals surface area contributed by atoms with Crippen LogP contribution in [0.4, 0.5) is 0 Å². The zero-order valence-electron chi connectivity index (χ0n) is 9.99. The molecule has 1 heterocycles. The van der Waals surface area contributed by atoms with Gasteiger partial charge in [0.05, 0.1) is 13.2 Å². The first-order valence-electron chi connectivity index (χ1n) is 6.10. The van der Waals surface area contributed by atoms with Crippen molar-refractivity contribution in [2.75, 3.05) is 39.4 Å². The van der Waals surface area contributed by atoms with Gasteiger partial charge < -0.3 is 10.1 Å². The van der Waals surface area contributed by atoms with Crippen LogP contribution in [-0.4, -0.2) is 44.3 Å². The fraction of sp³-hybridized carbons (Fsp3) is 0.538. The van der Waals surface area contributed by atoms with Gasteiger partial charge in [0, 0.05) is 37.2 Å². The quantitative estimate of drug-likeness (QED) is 0.840. The Bertz CT molecular complexity index is 340. The molecule has 1 saturated heterocycles. The number of hydrogen-bond donors (Lipinski definition) is 1. The molecule has 17 heavy (non-hydrogen) atoms. The van der Waals surface area contributed by atoms with Crippen LogP contribution < -0.4 is 5.32 Å². The Kier molecular flexibility index (Phi) is 5.45. The van der Waals surface area contributed by atoms with Gasteiger partial charge in [-0.1, -0.05) is 34.1 Å². The number of benzene rings is 1. The molecule has 0 atom stereocenters. The predicted octanol–water partition coefficient (Wildman–Crippen LogP) is 1.87. The molecule has 0 bridgehead atoms. The van der Waals surface area contributed by atoms with E-state index < -0.39 is 0 Å². The third-order valence-corrected chi connectivity index (χ3v) is 3.76. The van der Waals surface area contributed by atoms with Crippen LogP contribution in [0.3, 0.4) is 0 Å². The molecular formula is C13H19BrN2O. The number of rotatable bonds is 5. The van der Waals surface area contributed by atoms with Crippen molar-refractivity contribution >= 4 is 15.9 Å². The van der Waals surface area contributed by atoms with Crippen LogP contribution in [0.15, 0.2) is 28.7 Å². The monoisotopic (exact) mass is 298 g/mol. The molecule has 0 aromatic heterocycles. The fourth-order valence-corrected chi connectivity index (χ4v) is 2.35. The first kappa shape index (κ1) is 13.0. The summed E-state index contributed by atoms with van der Waals surface area (Å²) in [6, 6.07) is 8.34. The molecule has 0 radical (unpaired) electrons. The van der Waals surface area contributed by atoms with Crippen LogP contribution >= 0.6 is 15.9 Å². The summed E-state index contributed by atoms with van der Waals surface area (Å²) >= 11 is 3.56. The van der Waals surface area contributed by atoms with E-state index >= 15 is 0 Å². The van der Waals surface area contributed by atoms with E-state index in [1.54, 1.807) is 0 Å². The Morgan fingerprint density at radius 2 is 2.00 bits per heavy atom. The van der Waals surface area contributed by atoms with Crippen LogP contribution in [0.2, 0.25) is 0 Å². The molecule has 4 heteroatoms. The van der Waals surface area contributed by atoms with Gasteiger partial charge in [-0.25, -0.2) is 0 Å². The maximum absolute atomic E-state index is 5.32. The number of morpholine rings is 1. The summed E-state index contributed by atoms with van der Waals surface area (Å²) in [4.78, 5) is 2.44. The topological polar surface area (TPSA) is 24.5 Å². The fourth-order valence-electron chi connectivity index (χ4n) is 1.93. The summed E-state index contributed by atoms with van der Waals surface area (Å²) in [6.45, 7) is 6.95. The molecule has 3 nitrogen and oxygen atoms in total. The van der Waals surface area contributed by atoms with Gasteiger partial charge in [0.2, 0.25) is 0 Å². The molecule has 2 rings (SSSR count). The highest BCUT2D eigenvalue weighted by Crippen LogP contribution is 2.15. The lowest BCUT2D eigenvalue weighted by atomic mass is 10.2. The average Bonchev–Trinajstić information content (AvgIpc) is 2.38. The minimum absolute atomic E-state index is 0.879. The lowest BCUT2D eigenvalue weighted by Crippen LogP contribution is -2.40. The van der Waals surface area contributed by atoms with Crippen molar-refractivity contribution in [2.24, 2.45) is 0 Å². The number of nitrogens with zero attached hydrogens (tertiary/aromatic N) is 1. The lowest BCUT2D eigenvalue weighted by Gasteiger charge is -2.26. The first-order chi connectivity index (χ1) is 8.36. The maximum Gasteiger partial charge on any atom is 0.0594 e. The van der Waals surface area contributed by atoms with Gasteiger partial charge >= 0.3 is 0 Å². The number of hydrogen-bond acceptors (Lipinski definition) is 3. The Hall–Kier alpha value is -0.420. The van der Waals surface area contributed by atoms with Crippen molar-refractivity contribution in [3.05, 3.63) is 34.3 Å². The van der Waals surface area contributed by atoms with E-state index in [0.717, 1.165) is 45.9 Å². The number of ether oxygens (including phenoxy) is 1. The summed E-state index contributed by atoms with van der Waals surface area (Å²) in [7, 11) is 0. The summed E-state index contributed by atoms with van der Waals surface area (Å²) in [5, 5.41) is 3.48. The lowest BCUT2D eigenvalue weighted by molar-refractivity contribution is 0.0384. The summed E-state index contributed by atoms with van der Waals surface area (Å²) in [5.41, 5.74) is 1.31. The van der Waals surface area contributed by atoms with Gasteiger partial charge in [0.1, 0.15) is 0 Å². The average molecular weight is 299 g/mol. The molecule has 1 aromatic rings. The van der Waals surface area contributed by atoms with Gasteiger partial charge in [0.25, 0.3) is 0 Å². The second-order valence-electron chi connectivity index (χ2n) is 4.22. The van der Waals surface area contributed by atoms with Gasteiger partial charge in [-0.15, -0.1) is 0 Å². The third kappa shape index (κ3) is 4.39. The molecule has 0 unspecified atom stereocenters. The Balaban J connectivity index is 1.64. The van der Waals surface area contributed by atoms with Crippen molar-refractivity contribution < 1.29 is 4.74 Å². The van der Waals surface area contributed by atoms with E-state index in [1.165, 1.54) is 10.0 Å². The van der Waals surface area contributed by atoms with Gasteiger partial charge in [-0.05, 0) is 11.6 Å². The van der Waals surface area contributed by atoms with Crippen LogP contribution in [0.25, 0.3) is 0 Å². The second-order valence-corrected chi connectivity index (χ2v) is 5.08. The van der Waals surface area contributed by atoms with E-state index in [9.17, 15) is 0 Å². The largest absolute Gasteiger partial charge is 0.379 e. The molecule has 1 N–H and O–H groups in total. The van der Waals surface area contributed by atoms with E-state index in [4.69, 9.17) is 4.74 Å². The number of nitrogens with one attached hydrogen (secondary N) is 1.